The smallest absolute Gasteiger partial charge is 0.338 e. The summed E-state index contributed by atoms with van der Waals surface area (Å²) in [4.78, 5) is 51.4. The monoisotopic (exact) mass is 578 g/mol. The van der Waals surface area contributed by atoms with Gasteiger partial charge in [-0.2, -0.15) is 0 Å². The molecule has 0 atom stereocenters. The van der Waals surface area contributed by atoms with Gasteiger partial charge in [-0.3, -0.25) is 14.9 Å². The Morgan fingerprint density at radius 3 is 2.37 bits per heavy atom. The number of urea groups is 1. The summed E-state index contributed by atoms with van der Waals surface area (Å²) in [5.41, 5.74) is 1.52. The van der Waals surface area contributed by atoms with E-state index in [0.29, 0.717) is 17.1 Å². The number of hydrogen-bond acceptors (Lipinski definition) is 7. The highest BCUT2D eigenvalue weighted by molar-refractivity contribution is 9.10. The maximum atomic E-state index is 13.3. The number of hydrogen-bond donors (Lipinski definition) is 1. The average molecular weight is 579 g/mol. The third kappa shape index (κ3) is 5.92. The number of carbonyl (C=O) groups is 4. The van der Waals surface area contributed by atoms with Crippen LogP contribution in [0.4, 0.5) is 10.5 Å². The first-order chi connectivity index (χ1) is 18.3. The maximum Gasteiger partial charge on any atom is 0.338 e. The predicted molar refractivity (Wildman–Crippen MR) is 143 cm³/mol. The number of carbonyl (C=O) groups excluding carboxylic acids is 4. The summed E-state index contributed by atoms with van der Waals surface area (Å²) >= 11 is 3.40. The lowest BCUT2D eigenvalue weighted by Crippen LogP contribution is -2.54. The lowest BCUT2D eigenvalue weighted by Gasteiger charge is -2.26. The molecule has 10 heteroatoms. The van der Waals surface area contributed by atoms with Crippen molar-refractivity contribution >= 4 is 51.5 Å². The highest BCUT2D eigenvalue weighted by Gasteiger charge is 2.37. The summed E-state index contributed by atoms with van der Waals surface area (Å²) in [5.74, 6) is -1.29. The largest absolute Gasteiger partial charge is 0.497 e. The quantitative estimate of drug-likeness (QED) is 0.230. The van der Waals surface area contributed by atoms with Crippen molar-refractivity contribution in [1.29, 1.82) is 0 Å². The average Bonchev–Trinajstić information content (AvgIpc) is 2.91. The van der Waals surface area contributed by atoms with Crippen LogP contribution in [0.3, 0.4) is 0 Å². The molecule has 0 unspecified atom stereocenters. The molecular formula is C28H23BrN2O7. The van der Waals surface area contributed by atoms with E-state index in [1.807, 2.05) is 24.3 Å². The summed E-state index contributed by atoms with van der Waals surface area (Å²) < 4.78 is 17.2. The Morgan fingerprint density at radius 2 is 1.71 bits per heavy atom. The highest BCUT2D eigenvalue weighted by Crippen LogP contribution is 2.30. The number of benzene rings is 3. The first-order valence-electron chi connectivity index (χ1n) is 11.5. The van der Waals surface area contributed by atoms with Crippen LogP contribution in [-0.4, -0.2) is 37.5 Å². The molecule has 3 aromatic rings. The number of anilines is 1. The Bertz CT molecular complexity index is 1420. The molecular weight excluding hydrogens is 556 g/mol. The first-order valence-corrected chi connectivity index (χ1v) is 12.3. The van der Waals surface area contributed by atoms with Crippen LogP contribution in [0, 0.1) is 0 Å². The lowest BCUT2D eigenvalue weighted by molar-refractivity contribution is -0.122. The minimum absolute atomic E-state index is 0.181. The number of amides is 4. The molecule has 38 heavy (non-hydrogen) atoms. The molecule has 4 amide bonds. The van der Waals surface area contributed by atoms with Gasteiger partial charge in [0, 0.05) is 16.1 Å². The van der Waals surface area contributed by atoms with Crippen LogP contribution in [0.1, 0.15) is 28.4 Å². The van der Waals surface area contributed by atoms with Crippen molar-refractivity contribution in [3.63, 3.8) is 0 Å². The number of nitrogens with zero attached hydrogens (tertiary/aromatic N) is 1. The molecule has 1 fully saturated rings. The Balaban J connectivity index is 1.64. The second-order valence-corrected chi connectivity index (χ2v) is 8.96. The molecule has 0 saturated carbocycles. The Kier molecular flexibility index (Phi) is 8.22. The van der Waals surface area contributed by atoms with Gasteiger partial charge in [0.15, 0.2) is 0 Å². The fraction of sp³-hybridized carbons (Fsp3) is 0.143. The van der Waals surface area contributed by atoms with E-state index in [1.54, 1.807) is 25.1 Å². The summed E-state index contributed by atoms with van der Waals surface area (Å²) in [6.07, 6.45) is 1.36. The van der Waals surface area contributed by atoms with E-state index in [4.69, 9.17) is 14.2 Å². The number of rotatable bonds is 8. The van der Waals surface area contributed by atoms with Crippen LogP contribution in [0.15, 0.2) is 76.8 Å². The molecule has 3 aromatic carbocycles. The fourth-order valence-electron chi connectivity index (χ4n) is 3.64. The minimum atomic E-state index is -0.900. The number of halogens is 1. The van der Waals surface area contributed by atoms with Crippen molar-refractivity contribution < 1.29 is 33.4 Å². The molecule has 0 aromatic heterocycles. The van der Waals surface area contributed by atoms with Crippen molar-refractivity contribution in [1.82, 2.24) is 5.32 Å². The second kappa shape index (κ2) is 11.7. The van der Waals surface area contributed by atoms with Crippen LogP contribution >= 0.6 is 15.9 Å². The van der Waals surface area contributed by atoms with E-state index in [1.165, 1.54) is 37.5 Å². The third-order valence-electron chi connectivity index (χ3n) is 5.57. The van der Waals surface area contributed by atoms with E-state index in [2.05, 4.69) is 21.2 Å². The zero-order valence-electron chi connectivity index (χ0n) is 20.5. The van der Waals surface area contributed by atoms with Gasteiger partial charge >= 0.3 is 12.0 Å². The summed E-state index contributed by atoms with van der Waals surface area (Å²) in [6.45, 7) is 2.13. The van der Waals surface area contributed by atoms with Crippen LogP contribution in [-0.2, 0) is 20.9 Å². The van der Waals surface area contributed by atoms with Crippen molar-refractivity contribution in [2.24, 2.45) is 0 Å². The number of imide groups is 2. The van der Waals surface area contributed by atoms with Gasteiger partial charge in [-0.15, -0.1) is 0 Å². The predicted octanol–water partition coefficient (Wildman–Crippen LogP) is 4.88. The van der Waals surface area contributed by atoms with Crippen LogP contribution < -0.4 is 19.7 Å². The van der Waals surface area contributed by atoms with Gasteiger partial charge in [0.2, 0.25) is 0 Å². The van der Waals surface area contributed by atoms with Crippen molar-refractivity contribution in [3.05, 3.63) is 93.5 Å². The number of methoxy groups -OCH3 is 1. The van der Waals surface area contributed by atoms with E-state index >= 15 is 0 Å². The van der Waals surface area contributed by atoms with E-state index in [-0.39, 0.29) is 30.0 Å². The molecule has 1 aliphatic heterocycles. The van der Waals surface area contributed by atoms with Gasteiger partial charge < -0.3 is 14.2 Å². The van der Waals surface area contributed by atoms with E-state index < -0.39 is 23.8 Å². The molecule has 1 aliphatic rings. The van der Waals surface area contributed by atoms with Gasteiger partial charge in [-0.1, -0.05) is 28.1 Å². The number of esters is 1. The lowest BCUT2D eigenvalue weighted by atomic mass is 10.1. The second-order valence-electron chi connectivity index (χ2n) is 8.04. The molecule has 0 spiro atoms. The molecule has 0 bridgehead atoms. The maximum absolute atomic E-state index is 13.3. The van der Waals surface area contributed by atoms with Gasteiger partial charge in [0.25, 0.3) is 11.8 Å². The van der Waals surface area contributed by atoms with Crippen LogP contribution in [0.5, 0.6) is 11.5 Å². The number of barbiturate groups is 1. The summed E-state index contributed by atoms with van der Waals surface area (Å²) in [7, 11) is 1.51. The van der Waals surface area contributed by atoms with Crippen LogP contribution in [0.2, 0.25) is 0 Å². The van der Waals surface area contributed by atoms with Crippen molar-refractivity contribution in [3.8, 4) is 11.5 Å². The third-order valence-corrected chi connectivity index (χ3v) is 6.10. The fourth-order valence-corrected chi connectivity index (χ4v) is 3.90. The summed E-state index contributed by atoms with van der Waals surface area (Å²) in [5, 5.41) is 2.19. The molecule has 0 radical (unpaired) electrons. The summed E-state index contributed by atoms with van der Waals surface area (Å²) in [6, 6.07) is 17.4. The minimum Gasteiger partial charge on any atom is -0.497 e. The van der Waals surface area contributed by atoms with Crippen LogP contribution in [0.25, 0.3) is 6.08 Å². The standard InChI is InChI=1S/C28H23BrN2O7/c1-3-37-27(34)18-6-11-21(12-7-18)31-26(33)23(25(32)30-28(31)35)14-19-8-13-22(36-2)15-24(19)38-16-17-4-9-20(29)10-5-17/h4-15H,3,16H2,1-2H3,(H,30,32,35)/b23-14+. The topological polar surface area (TPSA) is 111 Å². The molecule has 9 nitrogen and oxygen atoms in total. The van der Waals surface area contributed by atoms with E-state index in [9.17, 15) is 19.2 Å². The van der Waals surface area contributed by atoms with Gasteiger partial charge in [-0.25, -0.2) is 14.5 Å². The van der Waals surface area contributed by atoms with E-state index in [0.717, 1.165) is 14.9 Å². The molecule has 1 heterocycles. The zero-order valence-corrected chi connectivity index (χ0v) is 22.1. The molecule has 1 N–H and O–H groups in total. The Morgan fingerprint density at radius 1 is 1.00 bits per heavy atom. The Labute approximate surface area is 227 Å². The van der Waals surface area contributed by atoms with Crippen molar-refractivity contribution in [2.45, 2.75) is 13.5 Å². The SMILES string of the molecule is CCOC(=O)c1ccc(N2C(=O)NC(=O)/C(=C\c3ccc(OC)cc3OCc3ccc(Br)cc3)C2=O)cc1. The number of ether oxygens (including phenoxy) is 3. The molecule has 194 valence electrons. The van der Waals surface area contributed by atoms with Gasteiger partial charge in [0.05, 0.1) is 25.0 Å². The molecule has 1 saturated heterocycles. The molecule has 4 rings (SSSR count). The highest BCUT2D eigenvalue weighted by atomic mass is 79.9. The zero-order chi connectivity index (χ0) is 27.2. The van der Waals surface area contributed by atoms with Gasteiger partial charge in [0.1, 0.15) is 23.7 Å². The number of nitrogens with one attached hydrogen (secondary N) is 1. The normalized spacial score (nSPS) is 14.3. The molecule has 0 aliphatic carbocycles. The van der Waals surface area contributed by atoms with Gasteiger partial charge in [-0.05, 0) is 67.1 Å². The van der Waals surface area contributed by atoms with Crippen molar-refractivity contribution in [2.75, 3.05) is 18.6 Å². The Hall–Kier alpha value is -4.44. The first kappa shape index (κ1) is 26.6.